The summed E-state index contributed by atoms with van der Waals surface area (Å²) >= 11 is 5.94. The first kappa shape index (κ1) is 15.5. The van der Waals surface area contributed by atoms with Crippen molar-refractivity contribution in [3.05, 3.63) is 28.8 Å². The quantitative estimate of drug-likeness (QED) is 0.773. The fourth-order valence-corrected chi connectivity index (χ4v) is 1.49. The number of carboxylic acids is 1. The van der Waals surface area contributed by atoms with E-state index >= 15 is 0 Å². The Bertz CT molecular complexity index is 501. The molecule has 0 atom stereocenters. The van der Waals surface area contributed by atoms with Gasteiger partial charge in [0.25, 0.3) is 0 Å². The van der Waals surface area contributed by atoms with Crippen molar-refractivity contribution in [2.75, 3.05) is 11.9 Å². The summed E-state index contributed by atoms with van der Waals surface area (Å²) in [4.78, 5) is 22.6. The molecule has 1 aromatic carbocycles. The van der Waals surface area contributed by atoms with Gasteiger partial charge < -0.3 is 10.4 Å². The van der Waals surface area contributed by atoms with E-state index in [1.807, 2.05) is 0 Å². The second-order valence-corrected chi connectivity index (χ2v) is 5.15. The van der Waals surface area contributed by atoms with Crippen LogP contribution in [0.3, 0.4) is 0 Å². The first-order chi connectivity index (χ1) is 8.74. The van der Waals surface area contributed by atoms with Crippen molar-refractivity contribution < 1.29 is 14.7 Å². The average molecular weight is 285 g/mol. The Morgan fingerprint density at radius 3 is 2.58 bits per heavy atom. The molecule has 0 bridgehead atoms. The molecule has 0 radical (unpaired) electrons. The van der Waals surface area contributed by atoms with Crippen LogP contribution >= 0.6 is 11.6 Å². The van der Waals surface area contributed by atoms with E-state index in [-0.39, 0.29) is 12.5 Å². The maximum Gasteiger partial charge on any atom is 0.323 e. The molecule has 3 N–H and O–H groups in total. The molecule has 0 unspecified atom stereocenters. The van der Waals surface area contributed by atoms with E-state index in [0.717, 1.165) is 5.56 Å². The van der Waals surface area contributed by atoms with Gasteiger partial charge >= 0.3 is 5.97 Å². The van der Waals surface area contributed by atoms with Crippen LogP contribution in [0.15, 0.2) is 18.2 Å². The third kappa shape index (κ3) is 4.22. The molecular weight excluding hydrogens is 268 g/mol. The Morgan fingerprint density at radius 1 is 1.37 bits per heavy atom. The van der Waals surface area contributed by atoms with E-state index < -0.39 is 11.5 Å². The first-order valence-electron chi connectivity index (χ1n) is 5.77. The molecule has 1 aromatic rings. The minimum Gasteiger partial charge on any atom is -0.480 e. The molecule has 0 aromatic heterocycles. The highest BCUT2D eigenvalue weighted by atomic mass is 35.5. The first-order valence-corrected chi connectivity index (χ1v) is 6.15. The zero-order valence-corrected chi connectivity index (χ0v) is 11.8. The highest BCUT2D eigenvalue weighted by Crippen LogP contribution is 2.22. The number of carboxylic acid groups (broad SMARTS) is 1. The van der Waals surface area contributed by atoms with Gasteiger partial charge in [-0.15, -0.1) is 0 Å². The largest absolute Gasteiger partial charge is 0.480 e. The van der Waals surface area contributed by atoms with E-state index in [9.17, 15) is 9.59 Å². The van der Waals surface area contributed by atoms with Crippen molar-refractivity contribution in [3.63, 3.8) is 0 Å². The zero-order chi connectivity index (χ0) is 14.6. The molecule has 6 heteroatoms. The molecule has 0 saturated heterocycles. The molecule has 0 aliphatic rings. The number of anilines is 1. The van der Waals surface area contributed by atoms with E-state index in [1.165, 1.54) is 13.8 Å². The number of carbonyl (C=O) groups excluding carboxylic acids is 1. The molecule has 104 valence electrons. The van der Waals surface area contributed by atoms with Crippen LogP contribution in [0.2, 0.25) is 5.02 Å². The maximum atomic E-state index is 11.7. The van der Waals surface area contributed by atoms with Crippen LogP contribution < -0.4 is 10.6 Å². The Morgan fingerprint density at radius 2 is 2.00 bits per heavy atom. The van der Waals surface area contributed by atoms with Crippen LogP contribution in [0, 0.1) is 6.92 Å². The summed E-state index contributed by atoms with van der Waals surface area (Å²) in [5.74, 6) is -1.33. The number of benzene rings is 1. The van der Waals surface area contributed by atoms with Crippen LogP contribution in [-0.2, 0) is 9.59 Å². The highest BCUT2D eigenvalue weighted by molar-refractivity contribution is 6.31. The smallest absolute Gasteiger partial charge is 0.323 e. The Hall–Kier alpha value is -1.59. The van der Waals surface area contributed by atoms with Gasteiger partial charge in [0.05, 0.1) is 6.54 Å². The van der Waals surface area contributed by atoms with Crippen LogP contribution in [0.5, 0.6) is 0 Å². The summed E-state index contributed by atoms with van der Waals surface area (Å²) in [6, 6.07) is 5.21. The third-order valence-electron chi connectivity index (χ3n) is 2.77. The van der Waals surface area contributed by atoms with E-state index in [2.05, 4.69) is 10.6 Å². The fraction of sp³-hybridized carbons (Fsp3) is 0.385. The zero-order valence-electron chi connectivity index (χ0n) is 11.1. The van der Waals surface area contributed by atoms with Gasteiger partial charge in [-0.05, 0) is 38.5 Å². The molecule has 19 heavy (non-hydrogen) atoms. The lowest BCUT2D eigenvalue weighted by molar-refractivity contribution is -0.143. The van der Waals surface area contributed by atoms with Crippen molar-refractivity contribution in [3.8, 4) is 0 Å². The molecule has 0 fully saturated rings. The number of rotatable bonds is 5. The molecule has 0 aliphatic heterocycles. The van der Waals surface area contributed by atoms with Crippen LogP contribution in [0.4, 0.5) is 5.69 Å². The van der Waals surface area contributed by atoms with Crippen molar-refractivity contribution in [2.45, 2.75) is 26.3 Å². The minimum absolute atomic E-state index is 0.0920. The molecule has 5 nitrogen and oxygen atoms in total. The van der Waals surface area contributed by atoms with E-state index in [4.69, 9.17) is 16.7 Å². The van der Waals surface area contributed by atoms with Gasteiger partial charge in [-0.1, -0.05) is 17.7 Å². The summed E-state index contributed by atoms with van der Waals surface area (Å²) < 4.78 is 0. The highest BCUT2D eigenvalue weighted by Gasteiger charge is 2.26. The molecular formula is C13H17ClN2O3. The molecule has 0 heterocycles. The van der Waals surface area contributed by atoms with Gasteiger partial charge in [0, 0.05) is 10.7 Å². The molecule has 1 amide bonds. The number of hydrogen-bond donors (Lipinski definition) is 3. The van der Waals surface area contributed by atoms with Crippen molar-refractivity contribution in [2.24, 2.45) is 0 Å². The molecule has 1 rings (SSSR count). The molecule has 0 aliphatic carbocycles. The monoisotopic (exact) mass is 284 g/mol. The predicted octanol–water partition coefficient (Wildman–Crippen LogP) is 2.04. The summed E-state index contributed by atoms with van der Waals surface area (Å²) in [6.45, 7) is 4.69. The SMILES string of the molecule is Cc1c(Cl)cccc1NC(=O)CNC(C)(C)C(=O)O. The van der Waals surface area contributed by atoms with Gasteiger partial charge in [0.2, 0.25) is 5.91 Å². The number of halogens is 1. The summed E-state index contributed by atoms with van der Waals surface area (Å²) in [6.07, 6.45) is 0. The molecule has 0 spiro atoms. The average Bonchev–Trinajstić information content (AvgIpc) is 2.32. The van der Waals surface area contributed by atoms with Gasteiger partial charge in [-0.25, -0.2) is 0 Å². The van der Waals surface area contributed by atoms with Gasteiger partial charge in [-0.2, -0.15) is 0 Å². The number of carbonyl (C=O) groups is 2. The minimum atomic E-state index is -1.15. The number of hydrogen-bond acceptors (Lipinski definition) is 3. The standard InChI is InChI=1S/C13H17ClN2O3/c1-8-9(14)5-4-6-10(8)16-11(17)7-15-13(2,3)12(18)19/h4-6,15H,7H2,1-3H3,(H,16,17)(H,18,19). The number of aliphatic carboxylic acids is 1. The Labute approximate surface area is 117 Å². The molecule has 0 saturated carbocycles. The lowest BCUT2D eigenvalue weighted by atomic mass is 10.1. The second-order valence-electron chi connectivity index (χ2n) is 4.74. The van der Waals surface area contributed by atoms with E-state index in [0.29, 0.717) is 10.7 Å². The van der Waals surface area contributed by atoms with Crippen LogP contribution in [0.1, 0.15) is 19.4 Å². The Kier molecular flexibility index (Phi) is 4.91. The summed E-state index contributed by atoms with van der Waals surface area (Å²) in [5.41, 5.74) is 0.239. The maximum absolute atomic E-state index is 11.7. The number of amides is 1. The van der Waals surface area contributed by atoms with Gasteiger partial charge in [-0.3, -0.25) is 14.9 Å². The summed E-state index contributed by atoms with van der Waals surface area (Å²) in [5, 5.41) is 14.8. The normalized spacial score (nSPS) is 11.2. The van der Waals surface area contributed by atoms with Gasteiger partial charge in [0.15, 0.2) is 0 Å². The number of nitrogens with one attached hydrogen (secondary N) is 2. The lowest BCUT2D eigenvalue weighted by Gasteiger charge is -2.20. The Balaban J connectivity index is 2.62. The van der Waals surface area contributed by atoms with Crippen LogP contribution in [-0.4, -0.2) is 29.1 Å². The predicted molar refractivity (Wildman–Crippen MR) is 74.5 cm³/mol. The lowest BCUT2D eigenvalue weighted by Crippen LogP contribution is -2.49. The van der Waals surface area contributed by atoms with Crippen molar-refractivity contribution in [1.29, 1.82) is 0 Å². The van der Waals surface area contributed by atoms with E-state index in [1.54, 1.807) is 25.1 Å². The topological polar surface area (TPSA) is 78.4 Å². The summed E-state index contributed by atoms with van der Waals surface area (Å²) in [7, 11) is 0. The fourth-order valence-electron chi connectivity index (χ4n) is 1.31. The van der Waals surface area contributed by atoms with Crippen molar-refractivity contribution >= 4 is 29.2 Å². The van der Waals surface area contributed by atoms with Crippen molar-refractivity contribution in [1.82, 2.24) is 5.32 Å². The van der Waals surface area contributed by atoms with Crippen LogP contribution in [0.25, 0.3) is 0 Å². The van der Waals surface area contributed by atoms with Gasteiger partial charge in [0.1, 0.15) is 5.54 Å². The second kappa shape index (κ2) is 6.04. The third-order valence-corrected chi connectivity index (χ3v) is 3.18.